The van der Waals surface area contributed by atoms with Gasteiger partial charge < -0.3 is 4.90 Å². The minimum atomic E-state index is -3.54. The van der Waals surface area contributed by atoms with Gasteiger partial charge in [0.25, 0.3) is 0 Å². The van der Waals surface area contributed by atoms with Crippen molar-refractivity contribution in [2.45, 2.75) is 11.8 Å². The van der Waals surface area contributed by atoms with Crippen LogP contribution in [-0.2, 0) is 10.0 Å². The lowest BCUT2D eigenvalue weighted by atomic mass is 10.1. The lowest BCUT2D eigenvalue weighted by molar-refractivity contribution is 0.385. The van der Waals surface area contributed by atoms with Gasteiger partial charge >= 0.3 is 0 Å². The number of aryl methyl sites for hydroxylation is 1. The smallest absolute Gasteiger partial charge is 0.243 e. The van der Waals surface area contributed by atoms with E-state index in [0.29, 0.717) is 36.5 Å². The second-order valence-corrected chi connectivity index (χ2v) is 8.41. The Balaban J connectivity index is 1.62. The van der Waals surface area contributed by atoms with E-state index < -0.39 is 10.0 Å². The molecular weight excluding hydrogens is 346 g/mol. The van der Waals surface area contributed by atoms with Crippen molar-refractivity contribution >= 4 is 26.6 Å². The highest BCUT2D eigenvalue weighted by atomic mass is 32.2. The van der Waals surface area contributed by atoms with Gasteiger partial charge in [0.2, 0.25) is 10.0 Å². The molecule has 0 spiro atoms. The fourth-order valence-corrected chi connectivity index (χ4v) is 5.08. The molecule has 2 aromatic carbocycles. The lowest BCUT2D eigenvalue weighted by Gasteiger charge is -2.35. The van der Waals surface area contributed by atoms with Crippen molar-refractivity contribution in [3.8, 4) is 0 Å². The summed E-state index contributed by atoms with van der Waals surface area (Å²) in [5, 5.41) is 0.693. The average Bonchev–Trinajstić information content (AvgIpc) is 2.69. The van der Waals surface area contributed by atoms with Crippen molar-refractivity contribution in [3.05, 3.63) is 66.4 Å². The van der Waals surface area contributed by atoms with Gasteiger partial charge in [0, 0.05) is 43.4 Å². The van der Waals surface area contributed by atoms with Crippen molar-refractivity contribution < 1.29 is 8.42 Å². The van der Waals surface area contributed by atoms with E-state index in [1.165, 1.54) is 0 Å². The Labute approximate surface area is 153 Å². The van der Waals surface area contributed by atoms with E-state index in [1.54, 1.807) is 22.6 Å². The van der Waals surface area contributed by atoms with E-state index in [9.17, 15) is 8.42 Å². The summed E-state index contributed by atoms with van der Waals surface area (Å²) in [7, 11) is -3.54. The van der Waals surface area contributed by atoms with Gasteiger partial charge in [0.15, 0.2) is 0 Å². The molecule has 1 saturated heterocycles. The Bertz CT molecular complexity index is 1030. The van der Waals surface area contributed by atoms with Crippen molar-refractivity contribution in [2.75, 3.05) is 31.1 Å². The molecule has 0 aliphatic carbocycles. The first kappa shape index (κ1) is 17.0. The Kier molecular flexibility index (Phi) is 4.38. The number of anilines is 1. The molecule has 0 N–H and O–H groups in total. The molecule has 134 valence electrons. The molecule has 3 aromatic rings. The molecule has 26 heavy (non-hydrogen) atoms. The maximum absolute atomic E-state index is 13.2. The highest BCUT2D eigenvalue weighted by molar-refractivity contribution is 7.89. The van der Waals surface area contributed by atoms with Crippen molar-refractivity contribution in [2.24, 2.45) is 0 Å². The fourth-order valence-electron chi connectivity index (χ4n) is 3.48. The molecule has 0 radical (unpaired) electrons. The maximum Gasteiger partial charge on any atom is 0.243 e. The van der Waals surface area contributed by atoms with Crippen molar-refractivity contribution in [1.29, 1.82) is 0 Å². The Hall–Kier alpha value is -2.44. The number of aromatic nitrogens is 1. The number of hydrogen-bond acceptors (Lipinski definition) is 4. The van der Waals surface area contributed by atoms with E-state index in [2.05, 4.69) is 22.0 Å². The molecule has 1 aromatic heterocycles. The van der Waals surface area contributed by atoms with Crippen LogP contribution in [0.15, 0.2) is 65.7 Å². The summed E-state index contributed by atoms with van der Waals surface area (Å²) in [5.41, 5.74) is 2.86. The lowest BCUT2D eigenvalue weighted by Crippen LogP contribution is -2.48. The molecule has 0 bridgehead atoms. The van der Waals surface area contributed by atoms with Crippen LogP contribution in [-0.4, -0.2) is 43.9 Å². The van der Waals surface area contributed by atoms with Gasteiger partial charge in [0.1, 0.15) is 0 Å². The van der Waals surface area contributed by atoms with Crippen LogP contribution in [0.5, 0.6) is 0 Å². The zero-order chi connectivity index (χ0) is 18.1. The van der Waals surface area contributed by atoms with Gasteiger partial charge in [0.05, 0.1) is 10.4 Å². The second kappa shape index (κ2) is 6.70. The van der Waals surface area contributed by atoms with Gasteiger partial charge in [-0.3, -0.25) is 4.98 Å². The van der Waals surface area contributed by atoms with Crippen LogP contribution in [0.1, 0.15) is 5.56 Å². The molecule has 0 saturated carbocycles. The molecule has 1 aliphatic rings. The number of hydrogen-bond donors (Lipinski definition) is 0. The molecule has 2 heterocycles. The summed E-state index contributed by atoms with van der Waals surface area (Å²) in [6, 6.07) is 17.3. The molecule has 1 aliphatic heterocycles. The summed E-state index contributed by atoms with van der Waals surface area (Å²) >= 11 is 0. The molecule has 5 nitrogen and oxygen atoms in total. The van der Waals surface area contributed by atoms with E-state index in [4.69, 9.17) is 0 Å². The standard InChI is InChI=1S/C20H21N3O2S/c1-16-9-10-19(18-8-5-11-21-20(16)18)26(24,25)23-14-12-22(13-15-23)17-6-3-2-4-7-17/h2-11H,12-15H2,1H3. The molecule has 0 amide bonds. The summed E-state index contributed by atoms with van der Waals surface area (Å²) in [6.45, 7) is 4.28. The molecule has 1 fully saturated rings. The number of pyridine rings is 1. The minimum Gasteiger partial charge on any atom is -0.369 e. The first-order chi connectivity index (χ1) is 12.6. The number of fused-ring (bicyclic) bond motifs is 1. The number of para-hydroxylation sites is 1. The third kappa shape index (κ3) is 2.95. The first-order valence-electron chi connectivity index (χ1n) is 8.72. The van der Waals surface area contributed by atoms with Crippen LogP contribution < -0.4 is 4.90 Å². The summed E-state index contributed by atoms with van der Waals surface area (Å²) in [4.78, 5) is 6.93. The molecule has 6 heteroatoms. The maximum atomic E-state index is 13.2. The molecule has 4 rings (SSSR count). The van der Waals surface area contributed by atoms with Crippen LogP contribution in [0.2, 0.25) is 0 Å². The highest BCUT2D eigenvalue weighted by Crippen LogP contribution is 2.28. The summed E-state index contributed by atoms with van der Waals surface area (Å²) < 4.78 is 28.1. The van der Waals surface area contributed by atoms with E-state index in [-0.39, 0.29) is 0 Å². The topological polar surface area (TPSA) is 53.5 Å². The molecule has 0 unspecified atom stereocenters. The Morgan fingerprint density at radius 1 is 0.885 bits per heavy atom. The predicted octanol–water partition coefficient (Wildman–Crippen LogP) is 3.05. The Morgan fingerprint density at radius 2 is 1.62 bits per heavy atom. The van der Waals surface area contributed by atoms with Crippen LogP contribution in [0.25, 0.3) is 10.9 Å². The average molecular weight is 367 g/mol. The number of benzene rings is 2. The first-order valence-corrected chi connectivity index (χ1v) is 10.2. The minimum absolute atomic E-state index is 0.347. The van der Waals surface area contributed by atoms with E-state index in [0.717, 1.165) is 16.8 Å². The van der Waals surface area contributed by atoms with Crippen LogP contribution in [0.3, 0.4) is 0 Å². The van der Waals surface area contributed by atoms with Crippen molar-refractivity contribution in [1.82, 2.24) is 9.29 Å². The fraction of sp³-hybridized carbons (Fsp3) is 0.250. The second-order valence-electron chi connectivity index (χ2n) is 6.51. The quantitative estimate of drug-likeness (QED) is 0.714. The monoisotopic (exact) mass is 367 g/mol. The number of piperazine rings is 1. The zero-order valence-corrected chi connectivity index (χ0v) is 15.5. The van der Waals surface area contributed by atoms with Crippen LogP contribution >= 0.6 is 0 Å². The van der Waals surface area contributed by atoms with Crippen LogP contribution in [0, 0.1) is 6.92 Å². The van der Waals surface area contributed by atoms with Gasteiger partial charge in [-0.15, -0.1) is 0 Å². The van der Waals surface area contributed by atoms with Gasteiger partial charge in [-0.2, -0.15) is 4.31 Å². The van der Waals surface area contributed by atoms with E-state index in [1.807, 2.05) is 37.3 Å². The molecular formula is C20H21N3O2S. The van der Waals surface area contributed by atoms with Gasteiger partial charge in [-0.1, -0.05) is 24.3 Å². The summed E-state index contributed by atoms with van der Waals surface area (Å²) in [6.07, 6.45) is 1.70. The number of rotatable bonds is 3. The van der Waals surface area contributed by atoms with Gasteiger partial charge in [-0.25, -0.2) is 8.42 Å². The van der Waals surface area contributed by atoms with Crippen molar-refractivity contribution in [3.63, 3.8) is 0 Å². The predicted molar refractivity (Wildman–Crippen MR) is 104 cm³/mol. The zero-order valence-electron chi connectivity index (χ0n) is 14.7. The van der Waals surface area contributed by atoms with Gasteiger partial charge in [-0.05, 0) is 42.8 Å². The third-order valence-electron chi connectivity index (χ3n) is 4.91. The highest BCUT2D eigenvalue weighted by Gasteiger charge is 2.30. The largest absolute Gasteiger partial charge is 0.369 e. The van der Waals surface area contributed by atoms with E-state index >= 15 is 0 Å². The normalized spacial score (nSPS) is 16.1. The Morgan fingerprint density at radius 3 is 2.35 bits per heavy atom. The van der Waals surface area contributed by atoms with Crippen LogP contribution in [0.4, 0.5) is 5.69 Å². The SMILES string of the molecule is Cc1ccc(S(=O)(=O)N2CCN(c3ccccc3)CC2)c2cccnc12. The third-order valence-corrected chi connectivity index (χ3v) is 6.87. The molecule has 0 atom stereocenters. The number of nitrogens with zero attached hydrogens (tertiary/aromatic N) is 3. The number of sulfonamides is 1. The summed E-state index contributed by atoms with van der Waals surface area (Å²) in [5.74, 6) is 0.